The van der Waals surface area contributed by atoms with Crippen molar-refractivity contribution in [1.29, 1.82) is 0 Å². The average Bonchev–Trinajstić information content (AvgIpc) is 2.37. The number of aliphatic hydroxyl groups excluding tert-OH is 1. The van der Waals surface area contributed by atoms with Gasteiger partial charge in [-0.15, -0.1) is 0 Å². The van der Waals surface area contributed by atoms with Gasteiger partial charge in [-0.2, -0.15) is 0 Å². The molecule has 0 aromatic heterocycles. The smallest absolute Gasteiger partial charge is 0.269 e. The lowest BCUT2D eigenvalue weighted by Crippen LogP contribution is -2.40. The molecule has 0 heterocycles. The van der Waals surface area contributed by atoms with Crippen LogP contribution in [0.5, 0.6) is 0 Å². The van der Waals surface area contributed by atoms with Crippen molar-refractivity contribution in [2.75, 3.05) is 0 Å². The maximum atomic E-state index is 11.5. The Kier molecular flexibility index (Phi) is 5.67. The fraction of sp³-hybridized carbons (Fsp3) is 0.417. The summed E-state index contributed by atoms with van der Waals surface area (Å²) in [7, 11) is 0. The van der Waals surface area contributed by atoms with Gasteiger partial charge >= 0.3 is 0 Å². The molecule has 6 nitrogen and oxygen atoms in total. The molecule has 1 aromatic rings. The molecule has 0 bridgehead atoms. The Morgan fingerprint density at radius 2 is 1.89 bits per heavy atom. The van der Waals surface area contributed by atoms with Crippen LogP contribution in [0.15, 0.2) is 24.3 Å². The van der Waals surface area contributed by atoms with Crippen molar-refractivity contribution in [1.82, 2.24) is 5.32 Å². The zero-order valence-electron chi connectivity index (χ0n) is 10.5. The lowest BCUT2D eigenvalue weighted by molar-refractivity contribution is -0.384. The summed E-state index contributed by atoms with van der Waals surface area (Å²) < 4.78 is -0.191. The SMILES string of the molecule is CC(I)C(=O)N[C@H](C)C(O)c1ccc([N+](=O)[O-])cc1. The molecule has 3 atom stereocenters. The maximum absolute atomic E-state index is 11.5. The average molecular weight is 378 g/mol. The van der Waals surface area contributed by atoms with Gasteiger partial charge in [0, 0.05) is 12.1 Å². The van der Waals surface area contributed by atoms with Crippen LogP contribution in [0.25, 0.3) is 0 Å². The summed E-state index contributed by atoms with van der Waals surface area (Å²) in [6.45, 7) is 3.43. The van der Waals surface area contributed by atoms with E-state index in [1.54, 1.807) is 13.8 Å². The predicted octanol–water partition coefficient (Wildman–Crippen LogP) is 1.96. The van der Waals surface area contributed by atoms with Gasteiger partial charge in [-0.25, -0.2) is 0 Å². The quantitative estimate of drug-likeness (QED) is 0.355. The van der Waals surface area contributed by atoms with E-state index < -0.39 is 17.1 Å². The van der Waals surface area contributed by atoms with E-state index in [4.69, 9.17) is 0 Å². The van der Waals surface area contributed by atoms with E-state index in [2.05, 4.69) is 5.32 Å². The van der Waals surface area contributed by atoms with Gasteiger partial charge in [0.05, 0.1) is 21.0 Å². The fourth-order valence-electron chi connectivity index (χ4n) is 1.50. The number of carbonyl (C=O) groups excluding carboxylic acids is 1. The molecule has 0 fully saturated rings. The van der Waals surface area contributed by atoms with Crippen LogP contribution in [0, 0.1) is 10.1 Å². The molecule has 1 aromatic carbocycles. The highest BCUT2D eigenvalue weighted by Crippen LogP contribution is 2.20. The maximum Gasteiger partial charge on any atom is 0.269 e. The third kappa shape index (κ3) is 4.43. The zero-order valence-corrected chi connectivity index (χ0v) is 12.7. The number of carbonyl (C=O) groups is 1. The first kappa shape index (κ1) is 15.8. The van der Waals surface area contributed by atoms with Crippen molar-refractivity contribution in [3.05, 3.63) is 39.9 Å². The number of nitrogens with zero attached hydrogens (tertiary/aromatic N) is 1. The van der Waals surface area contributed by atoms with Crippen molar-refractivity contribution in [3.63, 3.8) is 0 Å². The van der Waals surface area contributed by atoms with E-state index in [-0.39, 0.29) is 15.5 Å². The van der Waals surface area contributed by atoms with Crippen molar-refractivity contribution in [2.45, 2.75) is 29.9 Å². The minimum absolute atomic E-state index is 0.0338. The minimum atomic E-state index is -0.903. The number of non-ortho nitro benzene ring substituents is 1. The number of hydrogen-bond donors (Lipinski definition) is 2. The molecule has 1 amide bonds. The second-order valence-electron chi connectivity index (χ2n) is 4.21. The standard InChI is InChI=1S/C12H15IN2O4/c1-7(13)12(17)14-8(2)11(16)9-3-5-10(6-4-9)15(18)19/h3-8,11,16H,1-2H3,(H,14,17)/t7?,8-,11?/m1/s1. The van der Waals surface area contributed by atoms with E-state index in [0.29, 0.717) is 5.56 Å². The molecular formula is C12H15IN2O4. The number of aliphatic hydroxyl groups is 1. The van der Waals surface area contributed by atoms with Crippen LogP contribution < -0.4 is 5.32 Å². The molecule has 0 aliphatic rings. The molecule has 0 saturated heterocycles. The number of rotatable bonds is 5. The molecule has 104 valence electrons. The van der Waals surface area contributed by atoms with E-state index in [9.17, 15) is 20.0 Å². The van der Waals surface area contributed by atoms with Gasteiger partial charge in [0.15, 0.2) is 0 Å². The summed E-state index contributed by atoms with van der Waals surface area (Å²) in [6, 6.07) is 5.16. The Labute approximate surface area is 124 Å². The first-order valence-corrected chi connectivity index (χ1v) is 6.94. The first-order chi connectivity index (χ1) is 8.82. The third-order valence-electron chi connectivity index (χ3n) is 2.65. The molecule has 1 rings (SSSR count). The fourth-order valence-corrected chi connectivity index (χ4v) is 1.68. The van der Waals surface area contributed by atoms with Crippen molar-refractivity contribution >= 4 is 34.2 Å². The van der Waals surface area contributed by atoms with Gasteiger partial charge in [-0.1, -0.05) is 22.6 Å². The Balaban J connectivity index is 2.73. The third-order valence-corrected chi connectivity index (χ3v) is 3.22. The lowest BCUT2D eigenvalue weighted by atomic mass is 10.0. The second-order valence-corrected chi connectivity index (χ2v) is 6.08. The summed E-state index contributed by atoms with van der Waals surface area (Å²) in [5.74, 6) is -0.158. The van der Waals surface area contributed by atoms with Crippen LogP contribution in [0.1, 0.15) is 25.5 Å². The number of halogens is 1. The molecule has 0 spiro atoms. The summed E-state index contributed by atoms with van der Waals surface area (Å²) in [6.07, 6.45) is -0.903. The van der Waals surface area contributed by atoms with E-state index >= 15 is 0 Å². The molecule has 0 aliphatic heterocycles. The summed E-state index contributed by atoms with van der Waals surface area (Å²) in [5, 5.41) is 23.3. The van der Waals surface area contributed by atoms with Crippen LogP contribution in [-0.4, -0.2) is 25.9 Å². The van der Waals surface area contributed by atoms with Crippen LogP contribution in [0.4, 0.5) is 5.69 Å². The van der Waals surface area contributed by atoms with E-state index in [0.717, 1.165) is 0 Å². The Bertz CT molecular complexity index is 461. The van der Waals surface area contributed by atoms with Crippen LogP contribution in [-0.2, 0) is 4.79 Å². The second kappa shape index (κ2) is 6.80. The Morgan fingerprint density at radius 3 is 2.32 bits per heavy atom. The highest BCUT2D eigenvalue weighted by Gasteiger charge is 2.20. The molecule has 7 heteroatoms. The normalized spacial score (nSPS) is 15.4. The largest absolute Gasteiger partial charge is 0.386 e. The number of nitro groups is 1. The number of amides is 1. The van der Waals surface area contributed by atoms with Crippen LogP contribution in [0.2, 0.25) is 0 Å². The molecule has 0 aliphatic carbocycles. The molecule has 19 heavy (non-hydrogen) atoms. The number of alkyl halides is 1. The summed E-state index contributed by atoms with van der Waals surface area (Å²) in [5.41, 5.74) is 0.494. The lowest BCUT2D eigenvalue weighted by Gasteiger charge is -2.21. The van der Waals surface area contributed by atoms with Crippen LogP contribution >= 0.6 is 22.6 Å². The van der Waals surface area contributed by atoms with Gasteiger partial charge in [-0.3, -0.25) is 14.9 Å². The van der Waals surface area contributed by atoms with Crippen molar-refractivity contribution < 1.29 is 14.8 Å². The molecule has 2 unspecified atom stereocenters. The number of benzene rings is 1. The van der Waals surface area contributed by atoms with E-state index in [1.165, 1.54) is 24.3 Å². The number of nitro benzene ring substituents is 1. The minimum Gasteiger partial charge on any atom is -0.386 e. The Morgan fingerprint density at radius 1 is 1.37 bits per heavy atom. The number of nitrogens with one attached hydrogen (secondary N) is 1. The van der Waals surface area contributed by atoms with Crippen molar-refractivity contribution in [3.8, 4) is 0 Å². The van der Waals surface area contributed by atoms with Gasteiger partial charge < -0.3 is 10.4 Å². The van der Waals surface area contributed by atoms with Gasteiger partial charge in [0.25, 0.3) is 5.69 Å². The van der Waals surface area contributed by atoms with Crippen molar-refractivity contribution in [2.24, 2.45) is 0 Å². The monoisotopic (exact) mass is 378 g/mol. The summed E-state index contributed by atoms with van der Waals surface area (Å²) >= 11 is 1.98. The highest BCUT2D eigenvalue weighted by atomic mass is 127. The van der Waals surface area contributed by atoms with E-state index in [1.807, 2.05) is 22.6 Å². The van der Waals surface area contributed by atoms with Gasteiger partial charge in [-0.05, 0) is 31.5 Å². The molecular weight excluding hydrogens is 363 g/mol. The highest BCUT2D eigenvalue weighted by molar-refractivity contribution is 14.1. The molecule has 2 N–H and O–H groups in total. The Hall–Kier alpha value is -1.22. The predicted molar refractivity (Wildman–Crippen MR) is 79.1 cm³/mol. The molecule has 0 radical (unpaired) electrons. The zero-order chi connectivity index (χ0) is 14.6. The first-order valence-electron chi connectivity index (χ1n) is 5.69. The topological polar surface area (TPSA) is 92.5 Å². The summed E-state index contributed by atoms with van der Waals surface area (Å²) in [4.78, 5) is 21.5. The van der Waals surface area contributed by atoms with Crippen LogP contribution in [0.3, 0.4) is 0 Å². The van der Waals surface area contributed by atoms with Gasteiger partial charge in [0.1, 0.15) is 0 Å². The molecule has 0 saturated carbocycles. The number of hydrogen-bond acceptors (Lipinski definition) is 4. The van der Waals surface area contributed by atoms with Gasteiger partial charge in [0.2, 0.25) is 5.91 Å².